The van der Waals surface area contributed by atoms with Gasteiger partial charge in [0.15, 0.2) is 0 Å². The van der Waals surface area contributed by atoms with Crippen LogP contribution in [0.15, 0.2) is 42.5 Å². The molecular formula is C20H24N2O2. The molecule has 0 saturated carbocycles. The van der Waals surface area contributed by atoms with E-state index in [1.165, 1.54) is 11.1 Å². The molecule has 4 rings (SSSR count). The third-order valence-electron chi connectivity index (χ3n) is 5.16. The molecule has 2 aromatic carbocycles. The summed E-state index contributed by atoms with van der Waals surface area (Å²) in [5.41, 5.74) is 2.51. The number of ether oxygens (including phenoxy) is 2. The Bertz CT molecular complexity index is 723. The zero-order chi connectivity index (χ0) is 16.5. The quantitative estimate of drug-likeness (QED) is 0.846. The molecule has 4 nitrogen and oxygen atoms in total. The Hall–Kier alpha value is -2.04. The van der Waals surface area contributed by atoms with Crippen LogP contribution in [-0.4, -0.2) is 50.1 Å². The van der Waals surface area contributed by atoms with Crippen molar-refractivity contribution in [2.24, 2.45) is 0 Å². The summed E-state index contributed by atoms with van der Waals surface area (Å²) in [4.78, 5) is 4.98. The summed E-state index contributed by atoms with van der Waals surface area (Å²) in [6.07, 6.45) is 0.972. The SMILES string of the molecule is COc1ccc2c(c1)C(N1CCN(C)CC1)Cc1ccccc1O2. The van der Waals surface area contributed by atoms with Crippen LogP contribution < -0.4 is 9.47 Å². The zero-order valence-electron chi connectivity index (χ0n) is 14.4. The summed E-state index contributed by atoms with van der Waals surface area (Å²) in [6.45, 7) is 4.39. The molecule has 1 fully saturated rings. The fraction of sp³-hybridized carbons (Fsp3) is 0.400. The summed E-state index contributed by atoms with van der Waals surface area (Å²) in [5.74, 6) is 2.81. The molecule has 0 N–H and O–H groups in total. The van der Waals surface area contributed by atoms with Crippen LogP contribution in [0.3, 0.4) is 0 Å². The molecule has 0 radical (unpaired) electrons. The predicted octanol–water partition coefficient (Wildman–Crippen LogP) is 3.33. The normalized spacial score (nSPS) is 21.3. The molecule has 0 amide bonds. The monoisotopic (exact) mass is 324 g/mol. The molecule has 0 aliphatic carbocycles. The van der Waals surface area contributed by atoms with Gasteiger partial charge in [0.2, 0.25) is 0 Å². The van der Waals surface area contributed by atoms with E-state index in [0.29, 0.717) is 6.04 Å². The number of nitrogens with zero attached hydrogens (tertiary/aromatic N) is 2. The van der Waals surface area contributed by atoms with Gasteiger partial charge < -0.3 is 14.4 Å². The highest BCUT2D eigenvalue weighted by molar-refractivity contribution is 5.49. The van der Waals surface area contributed by atoms with Gasteiger partial charge in [-0.3, -0.25) is 4.90 Å². The van der Waals surface area contributed by atoms with E-state index in [1.54, 1.807) is 7.11 Å². The molecule has 0 spiro atoms. The molecular weight excluding hydrogens is 300 g/mol. The minimum absolute atomic E-state index is 0.326. The van der Waals surface area contributed by atoms with E-state index in [-0.39, 0.29) is 0 Å². The second-order valence-electron chi connectivity index (χ2n) is 6.67. The van der Waals surface area contributed by atoms with Gasteiger partial charge in [0.25, 0.3) is 0 Å². The first kappa shape index (κ1) is 15.5. The van der Waals surface area contributed by atoms with Gasteiger partial charge in [-0.1, -0.05) is 18.2 Å². The van der Waals surface area contributed by atoms with Crippen molar-refractivity contribution in [2.45, 2.75) is 12.5 Å². The fourth-order valence-corrected chi connectivity index (χ4v) is 3.68. The van der Waals surface area contributed by atoms with Gasteiger partial charge in [-0.25, -0.2) is 0 Å². The average Bonchev–Trinajstić information content (AvgIpc) is 2.78. The van der Waals surface area contributed by atoms with Crippen LogP contribution in [-0.2, 0) is 6.42 Å². The van der Waals surface area contributed by atoms with E-state index >= 15 is 0 Å². The highest BCUT2D eigenvalue weighted by Gasteiger charge is 2.30. The number of para-hydroxylation sites is 1. The Morgan fingerprint density at radius 3 is 2.58 bits per heavy atom. The Morgan fingerprint density at radius 1 is 1.00 bits per heavy atom. The van der Waals surface area contributed by atoms with E-state index in [0.717, 1.165) is 49.8 Å². The van der Waals surface area contributed by atoms with Crippen molar-refractivity contribution in [3.8, 4) is 17.2 Å². The second-order valence-corrected chi connectivity index (χ2v) is 6.67. The molecule has 24 heavy (non-hydrogen) atoms. The first-order chi connectivity index (χ1) is 11.7. The smallest absolute Gasteiger partial charge is 0.132 e. The highest BCUT2D eigenvalue weighted by atomic mass is 16.5. The van der Waals surface area contributed by atoms with Crippen LogP contribution in [0.5, 0.6) is 17.2 Å². The molecule has 0 aromatic heterocycles. The maximum absolute atomic E-state index is 6.25. The van der Waals surface area contributed by atoms with Crippen molar-refractivity contribution in [1.29, 1.82) is 0 Å². The van der Waals surface area contributed by atoms with Crippen LogP contribution in [0.1, 0.15) is 17.2 Å². The van der Waals surface area contributed by atoms with Crippen LogP contribution in [0.4, 0.5) is 0 Å². The Labute approximate surface area is 143 Å². The van der Waals surface area contributed by atoms with Crippen molar-refractivity contribution in [3.63, 3.8) is 0 Å². The van der Waals surface area contributed by atoms with E-state index in [1.807, 2.05) is 18.2 Å². The van der Waals surface area contributed by atoms with Gasteiger partial charge in [-0.05, 0) is 43.3 Å². The molecule has 2 aliphatic rings. The molecule has 1 atom stereocenters. The topological polar surface area (TPSA) is 24.9 Å². The zero-order valence-corrected chi connectivity index (χ0v) is 14.4. The lowest BCUT2D eigenvalue weighted by Crippen LogP contribution is -2.46. The molecule has 126 valence electrons. The minimum Gasteiger partial charge on any atom is -0.497 e. The Morgan fingerprint density at radius 2 is 1.79 bits per heavy atom. The first-order valence-electron chi connectivity index (χ1n) is 8.61. The van der Waals surface area contributed by atoms with Crippen molar-refractivity contribution < 1.29 is 9.47 Å². The van der Waals surface area contributed by atoms with Crippen molar-refractivity contribution in [1.82, 2.24) is 9.80 Å². The fourth-order valence-electron chi connectivity index (χ4n) is 3.68. The third-order valence-corrected chi connectivity index (χ3v) is 5.16. The van der Waals surface area contributed by atoms with Gasteiger partial charge >= 0.3 is 0 Å². The van der Waals surface area contributed by atoms with E-state index in [9.17, 15) is 0 Å². The van der Waals surface area contributed by atoms with Crippen molar-refractivity contribution >= 4 is 0 Å². The van der Waals surface area contributed by atoms with Gasteiger partial charge in [-0.15, -0.1) is 0 Å². The van der Waals surface area contributed by atoms with Gasteiger partial charge in [0.1, 0.15) is 17.2 Å². The molecule has 1 saturated heterocycles. The number of hydrogen-bond donors (Lipinski definition) is 0. The maximum atomic E-state index is 6.25. The van der Waals surface area contributed by atoms with Crippen LogP contribution >= 0.6 is 0 Å². The molecule has 2 aliphatic heterocycles. The maximum Gasteiger partial charge on any atom is 0.132 e. The number of benzene rings is 2. The van der Waals surface area contributed by atoms with Gasteiger partial charge in [0, 0.05) is 37.8 Å². The number of rotatable bonds is 2. The molecule has 4 heteroatoms. The lowest BCUT2D eigenvalue weighted by molar-refractivity contribution is 0.111. The van der Waals surface area contributed by atoms with E-state index < -0.39 is 0 Å². The van der Waals surface area contributed by atoms with Crippen LogP contribution in [0.2, 0.25) is 0 Å². The van der Waals surface area contributed by atoms with Crippen molar-refractivity contribution in [3.05, 3.63) is 53.6 Å². The summed E-state index contributed by atoms with van der Waals surface area (Å²) in [6, 6.07) is 14.9. The summed E-state index contributed by atoms with van der Waals surface area (Å²) in [5, 5.41) is 0. The molecule has 1 unspecified atom stereocenters. The minimum atomic E-state index is 0.326. The Balaban J connectivity index is 1.76. The standard InChI is InChI=1S/C20H24N2O2/c1-21-9-11-22(12-10-21)18-13-15-5-3-4-6-19(15)24-20-8-7-16(23-2)14-17(18)20/h3-8,14,18H,9-13H2,1-2H3. The highest BCUT2D eigenvalue weighted by Crippen LogP contribution is 2.42. The lowest BCUT2D eigenvalue weighted by atomic mass is 9.96. The molecule has 2 aromatic rings. The predicted molar refractivity (Wildman–Crippen MR) is 95.0 cm³/mol. The lowest BCUT2D eigenvalue weighted by Gasteiger charge is -2.38. The first-order valence-corrected chi connectivity index (χ1v) is 8.61. The summed E-state index contributed by atoms with van der Waals surface area (Å²) >= 11 is 0. The van der Waals surface area contributed by atoms with E-state index in [2.05, 4.69) is 41.1 Å². The second kappa shape index (κ2) is 6.46. The number of fused-ring (bicyclic) bond motifs is 2. The molecule has 0 bridgehead atoms. The molecule has 2 heterocycles. The number of methoxy groups -OCH3 is 1. The van der Waals surface area contributed by atoms with Crippen LogP contribution in [0.25, 0.3) is 0 Å². The Kier molecular flexibility index (Phi) is 4.17. The number of hydrogen-bond acceptors (Lipinski definition) is 4. The number of piperazine rings is 1. The van der Waals surface area contributed by atoms with Gasteiger partial charge in [0.05, 0.1) is 7.11 Å². The largest absolute Gasteiger partial charge is 0.497 e. The third kappa shape index (κ3) is 2.87. The average molecular weight is 324 g/mol. The van der Waals surface area contributed by atoms with E-state index in [4.69, 9.17) is 9.47 Å². The number of likely N-dealkylation sites (N-methyl/N-ethyl adjacent to an activating group) is 1. The van der Waals surface area contributed by atoms with Crippen molar-refractivity contribution in [2.75, 3.05) is 40.3 Å². The van der Waals surface area contributed by atoms with Gasteiger partial charge in [-0.2, -0.15) is 0 Å². The summed E-state index contributed by atoms with van der Waals surface area (Å²) in [7, 11) is 3.92. The van der Waals surface area contributed by atoms with Crippen LogP contribution in [0, 0.1) is 0 Å². The summed E-state index contributed by atoms with van der Waals surface area (Å²) < 4.78 is 11.7.